The molecule has 0 spiro atoms. The molecule has 164 valence electrons. The summed E-state index contributed by atoms with van der Waals surface area (Å²) in [5.41, 5.74) is 5.13. The van der Waals surface area contributed by atoms with Crippen LogP contribution in [0.4, 0.5) is 11.4 Å². The summed E-state index contributed by atoms with van der Waals surface area (Å²) >= 11 is 3.51. The van der Waals surface area contributed by atoms with Gasteiger partial charge in [0.15, 0.2) is 0 Å². The highest BCUT2D eigenvalue weighted by molar-refractivity contribution is 9.10. The van der Waals surface area contributed by atoms with Crippen LogP contribution in [-0.4, -0.2) is 50.7 Å². The second-order valence-corrected chi connectivity index (χ2v) is 9.12. The average molecular weight is 484 g/mol. The van der Waals surface area contributed by atoms with E-state index in [0.29, 0.717) is 12.5 Å². The second-order valence-electron chi connectivity index (χ2n) is 8.41. The molecule has 0 atom stereocenters. The molecule has 0 radical (unpaired) electrons. The fraction of sp³-hybridized carbons (Fsp3) is 0.400. The third kappa shape index (κ3) is 5.20. The number of ether oxygens (including phenoxy) is 1. The number of hydrogen-bond acceptors (Lipinski definition) is 4. The highest BCUT2D eigenvalue weighted by Gasteiger charge is 2.22. The Bertz CT molecular complexity index is 938. The van der Waals surface area contributed by atoms with Gasteiger partial charge in [-0.3, -0.25) is 9.69 Å². The Labute approximate surface area is 193 Å². The van der Waals surface area contributed by atoms with Gasteiger partial charge in [-0.2, -0.15) is 0 Å². The molecule has 2 aliphatic heterocycles. The Morgan fingerprint density at radius 1 is 1.13 bits per heavy atom. The molecule has 2 aromatic rings. The molecule has 2 aliphatic rings. The Kier molecular flexibility index (Phi) is 7.10. The van der Waals surface area contributed by atoms with Gasteiger partial charge in [-0.25, -0.2) is 3.93 Å². The maximum Gasteiger partial charge on any atom is 0.264 e. The van der Waals surface area contributed by atoms with Crippen LogP contribution in [0.1, 0.15) is 30.4 Å². The smallest absolute Gasteiger partial charge is 0.264 e. The third-order valence-electron chi connectivity index (χ3n) is 6.26. The molecule has 1 saturated heterocycles. The van der Waals surface area contributed by atoms with Crippen LogP contribution in [0.5, 0.6) is 0 Å². The van der Waals surface area contributed by atoms with E-state index in [1.165, 1.54) is 5.56 Å². The number of halogens is 1. The van der Waals surface area contributed by atoms with E-state index in [1.807, 2.05) is 30.3 Å². The molecule has 0 unspecified atom stereocenters. The topological polar surface area (TPSA) is 36.0 Å². The van der Waals surface area contributed by atoms with Gasteiger partial charge in [0.25, 0.3) is 5.91 Å². The summed E-state index contributed by atoms with van der Waals surface area (Å²) in [6, 6.07) is 17.0. The van der Waals surface area contributed by atoms with Gasteiger partial charge in [0, 0.05) is 50.7 Å². The lowest BCUT2D eigenvalue weighted by Crippen LogP contribution is -2.36. The SMILES string of the molecule is CN1CCC(C(=O)N(Br)c2ccc(CN(C)C3CCOCC3)cc2)=Cc2ccccc21. The number of hydrogen-bond donors (Lipinski definition) is 0. The van der Waals surface area contributed by atoms with Crippen molar-refractivity contribution in [3.05, 3.63) is 65.2 Å². The van der Waals surface area contributed by atoms with Gasteiger partial charge < -0.3 is 9.64 Å². The summed E-state index contributed by atoms with van der Waals surface area (Å²) in [7, 11) is 4.25. The standard InChI is InChI=1S/C25H30BrN3O2/c1-27-14-11-21(17-20-5-3-4-6-24(20)27)25(30)29(26)23-9-7-19(8-10-23)18-28(2)22-12-15-31-16-13-22/h3-10,17,22H,11-16,18H2,1-2H3. The van der Waals surface area contributed by atoms with E-state index in [1.54, 1.807) is 3.93 Å². The fourth-order valence-electron chi connectivity index (χ4n) is 4.31. The molecule has 0 bridgehead atoms. The van der Waals surface area contributed by atoms with Crippen molar-refractivity contribution in [1.82, 2.24) is 4.90 Å². The summed E-state index contributed by atoms with van der Waals surface area (Å²) < 4.78 is 7.05. The van der Waals surface area contributed by atoms with E-state index in [2.05, 4.69) is 64.3 Å². The summed E-state index contributed by atoms with van der Waals surface area (Å²) in [6.45, 7) is 3.41. The number of rotatable bonds is 5. The van der Waals surface area contributed by atoms with Crippen LogP contribution in [0.3, 0.4) is 0 Å². The number of benzene rings is 2. The molecule has 0 aliphatic carbocycles. The Morgan fingerprint density at radius 3 is 2.58 bits per heavy atom. The molecule has 0 aromatic heterocycles. The molecule has 1 fully saturated rings. The molecule has 1 amide bonds. The van der Waals surface area contributed by atoms with Crippen LogP contribution in [-0.2, 0) is 16.1 Å². The van der Waals surface area contributed by atoms with Gasteiger partial charge in [0.2, 0.25) is 0 Å². The number of carbonyl (C=O) groups is 1. The lowest BCUT2D eigenvalue weighted by molar-refractivity contribution is -0.113. The van der Waals surface area contributed by atoms with Gasteiger partial charge in [-0.05, 0) is 61.7 Å². The molecule has 0 N–H and O–H groups in total. The minimum atomic E-state index is -0.0165. The van der Waals surface area contributed by atoms with E-state index >= 15 is 0 Å². The lowest BCUT2D eigenvalue weighted by Gasteiger charge is -2.31. The predicted octanol–water partition coefficient (Wildman–Crippen LogP) is 4.86. The first-order valence-electron chi connectivity index (χ1n) is 10.9. The minimum absolute atomic E-state index is 0.0165. The van der Waals surface area contributed by atoms with E-state index in [0.717, 1.165) is 61.7 Å². The van der Waals surface area contributed by atoms with Gasteiger partial charge in [-0.15, -0.1) is 0 Å². The summed E-state index contributed by atoms with van der Waals surface area (Å²) in [6.07, 6.45) is 4.91. The third-order valence-corrected chi connectivity index (χ3v) is 6.99. The van der Waals surface area contributed by atoms with Crippen molar-refractivity contribution in [2.24, 2.45) is 0 Å². The first-order valence-corrected chi connectivity index (χ1v) is 11.6. The zero-order valence-corrected chi connectivity index (χ0v) is 19.8. The van der Waals surface area contributed by atoms with Crippen molar-refractivity contribution >= 4 is 39.5 Å². The fourth-order valence-corrected chi connectivity index (χ4v) is 4.78. The number of para-hydroxylation sites is 1. The Balaban J connectivity index is 1.44. The molecule has 4 rings (SSSR count). The maximum atomic E-state index is 13.2. The monoisotopic (exact) mass is 483 g/mol. The average Bonchev–Trinajstić information content (AvgIpc) is 2.98. The molecule has 31 heavy (non-hydrogen) atoms. The summed E-state index contributed by atoms with van der Waals surface area (Å²) in [5.74, 6) is -0.0165. The van der Waals surface area contributed by atoms with Crippen molar-refractivity contribution < 1.29 is 9.53 Å². The van der Waals surface area contributed by atoms with Crippen LogP contribution in [0.25, 0.3) is 6.08 Å². The van der Waals surface area contributed by atoms with Crippen molar-refractivity contribution in [2.45, 2.75) is 31.8 Å². The number of nitrogens with zero attached hydrogens (tertiary/aromatic N) is 3. The maximum absolute atomic E-state index is 13.2. The van der Waals surface area contributed by atoms with Crippen LogP contribution in [0, 0.1) is 0 Å². The lowest BCUT2D eigenvalue weighted by atomic mass is 10.1. The molecule has 5 nitrogen and oxygen atoms in total. The quantitative estimate of drug-likeness (QED) is 0.568. The highest BCUT2D eigenvalue weighted by atomic mass is 79.9. The number of fused-ring (bicyclic) bond motifs is 1. The zero-order chi connectivity index (χ0) is 21.8. The number of anilines is 2. The predicted molar refractivity (Wildman–Crippen MR) is 130 cm³/mol. The van der Waals surface area contributed by atoms with Gasteiger partial charge in [0.05, 0.1) is 21.8 Å². The Hall–Kier alpha value is -2.15. The number of carbonyl (C=O) groups excluding carboxylic acids is 1. The van der Waals surface area contributed by atoms with Crippen LogP contribution in [0.2, 0.25) is 0 Å². The Morgan fingerprint density at radius 2 is 1.84 bits per heavy atom. The molecule has 6 heteroatoms. The van der Waals surface area contributed by atoms with Crippen molar-refractivity contribution in [3.8, 4) is 0 Å². The zero-order valence-electron chi connectivity index (χ0n) is 18.3. The van der Waals surface area contributed by atoms with E-state index in [-0.39, 0.29) is 5.91 Å². The number of amides is 1. The van der Waals surface area contributed by atoms with Crippen LogP contribution in [0.15, 0.2) is 54.1 Å². The van der Waals surface area contributed by atoms with E-state index < -0.39 is 0 Å². The summed E-state index contributed by atoms with van der Waals surface area (Å²) in [4.78, 5) is 17.8. The molecular formula is C25H30BrN3O2. The van der Waals surface area contributed by atoms with Gasteiger partial charge in [0.1, 0.15) is 0 Å². The van der Waals surface area contributed by atoms with Crippen molar-refractivity contribution in [2.75, 3.05) is 42.7 Å². The molecule has 2 aromatic carbocycles. The largest absolute Gasteiger partial charge is 0.381 e. The molecule has 0 saturated carbocycles. The van der Waals surface area contributed by atoms with Crippen LogP contribution < -0.4 is 8.83 Å². The van der Waals surface area contributed by atoms with Crippen molar-refractivity contribution in [3.63, 3.8) is 0 Å². The second kappa shape index (κ2) is 9.98. The molecule has 2 heterocycles. The highest BCUT2D eigenvalue weighted by Crippen LogP contribution is 2.29. The van der Waals surface area contributed by atoms with Gasteiger partial charge >= 0.3 is 0 Å². The normalized spacial score (nSPS) is 17.2. The van der Waals surface area contributed by atoms with E-state index in [9.17, 15) is 4.79 Å². The summed E-state index contributed by atoms with van der Waals surface area (Å²) in [5, 5.41) is 0. The van der Waals surface area contributed by atoms with Gasteiger partial charge in [-0.1, -0.05) is 30.3 Å². The first-order chi connectivity index (χ1) is 15.0. The molecular weight excluding hydrogens is 454 g/mol. The first kappa shape index (κ1) is 22.1. The van der Waals surface area contributed by atoms with Crippen molar-refractivity contribution in [1.29, 1.82) is 0 Å². The van der Waals surface area contributed by atoms with Crippen LogP contribution >= 0.6 is 16.1 Å². The van der Waals surface area contributed by atoms with E-state index in [4.69, 9.17) is 4.74 Å². The minimum Gasteiger partial charge on any atom is -0.381 e.